The normalized spacial score (nSPS) is 14.6. The molecule has 1 fully saturated rings. The van der Waals surface area contributed by atoms with Gasteiger partial charge in [-0.15, -0.1) is 0 Å². The minimum atomic E-state index is 0.550. The van der Waals surface area contributed by atoms with Crippen LogP contribution in [0.4, 0.5) is 0 Å². The highest BCUT2D eigenvalue weighted by molar-refractivity contribution is 5.43. The van der Waals surface area contributed by atoms with Gasteiger partial charge in [-0.25, -0.2) is 0 Å². The third-order valence-corrected chi connectivity index (χ3v) is 4.51. The van der Waals surface area contributed by atoms with Gasteiger partial charge in [-0.2, -0.15) is 0 Å². The van der Waals surface area contributed by atoms with Gasteiger partial charge in [0.15, 0.2) is 11.5 Å². The molecule has 4 nitrogen and oxygen atoms in total. The second-order valence-electron chi connectivity index (χ2n) is 6.95. The van der Waals surface area contributed by atoms with E-state index in [1.54, 1.807) is 0 Å². The molecule has 1 saturated heterocycles. The van der Waals surface area contributed by atoms with E-state index in [0.717, 1.165) is 31.1 Å². The van der Waals surface area contributed by atoms with E-state index in [1.165, 1.54) is 16.8 Å². The Bertz CT molecular complexity index is 733. The molecule has 0 radical (unpaired) electrons. The summed E-state index contributed by atoms with van der Waals surface area (Å²) < 4.78 is 11.6. The van der Waals surface area contributed by atoms with Crippen LogP contribution in [0.25, 0.3) is 0 Å². The van der Waals surface area contributed by atoms with Crippen LogP contribution in [0.15, 0.2) is 54.2 Å². The van der Waals surface area contributed by atoms with E-state index < -0.39 is 0 Å². The minimum absolute atomic E-state index is 0.550. The van der Waals surface area contributed by atoms with Crippen molar-refractivity contribution in [3.63, 3.8) is 0 Å². The second-order valence-corrected chi connectivity index (χ2v) is 6.95. The summed E-state index contributed by atoms with van der Waals surface area (Å²) in [5.41, 5.74) is 3.70. The number of ether oxygens (including phenoxy) is 2. The number of allylic oxidation sites excluding steroid dienone is 1. The number of hydrogen-bond donors (Lipinski definition) is 0. The van der Waals surface area contributed by atoms with Gasteiger partial charge in [-0.05, 0) is 56.7 Å². The lowest BCUT2D eigenvalue weighted by molar-refractivity contribution is 0.137. The Balaban J connectivity index is 1.58. The van der Waals surface area contributed by atoms with Crippen molar-refractivity contribution in [1.29, 1.82) is 0 Å². The lowest BCUT2D eigenvalue weighted by Crippen LogP contribution is -2.44. The first-order valence-electron chi connectivity index (χ1n) is 9.31. The van der Waals surface area contributed by atoms with E-state index >= 15 is 0 Å². The van der Waals surface area contributed by atoms with Crippen molar-refractivity contribution in [2.45, 2.75) is 33.2 Å². The quantitative estimate of drug-likeness (QED) is 0.659. The standard InChI is InChI=1S/C22H28N2O2/c1-4-25-22-13-18(8-9-21(22)26-12-10-17(2)3)14-24-15-19(16-24)20-7-5-6-11-23-20/h5-11,13,19H,4,12,14-16H2,1-3H3. The number of aromatic nitrogens is 1. The van der Waals surface area contributed by atoms with Crippen molar-refractivity contribution in [1.82, 2.24) is 9.88 Å². The summed E-state index contributed by atoms with van der Waals surface area (Å²) >= 11 is 0. The van der Waals surface area contributed by atoms with Crippen molar-refractivity contribution in [3.8, 4) is 11.5 Å². The highest BCUT2D eigenvalue weighted by Crippen LogP contribution is 2.31. The summed E-state index contributed by atoms with van der Waals surface area (Å²) in [6, 6.07) is 12.4. The molecular weight excluding hydrogens is 324 g/mol. The third kappa shape index (κ3) is 4.85. The van der Waals surface area contributed by atoms with E-state index in [2.05, 4.69) is 54.1 Å². The molecule has 0 spiro atoms. The Kier molecular flexibility index (Phi) is 6.29. The van der Waals surface area contributed by atoms with Crippen LogP contribution in [-0.2, 0) is 6.54 Å². The third-order valence-electron chi connectivity index (χ3n) is 4.51. The maximum atomic E-state index is 5.85. The lowest BCUT2D eigenvalue weighted by Gasteiger charge is -2.39. The van der Waals surface area contributed by atoms with Gasteiger partial charge in [0.1, 0.15) is 6.61 Å². The molecule has 1 aromatic carbocycles. The van der Waals surface area contributed by atoms with Gasteiger partial charge < -0.3 is 9.47 Å². The van der Waals surface area contributed by atoms with Crippen molar-refractivity contribution >= 4 is 0 Å². The van der Waals surface area contributed by atoms with Crippen LogP contribution in [0.5, 0.6) is 11.5 Å². The predicted molar refractivity (Wildman–Crippen MR) is 105 cm³/mol. The Morgan fingerprint density at radius 2 is 2.00 bits per heavy atom. The number of rotatable bonds is 8. The van der Waals surface area contributed by atoms with Crippen LogP contribution >= 0.6 is 0 Å². The van der Waals surface area contributed by atoms with E-state index in [1.807, 2.05) is 25.3 Å². The van der Waals surface area contributed by atoms with Gasteiger partial charge in [0.05, 0.1) is 6.61 Å². The van der Waals surface area contributed by atoms with Crippen LogP contribution in [0.3, 0.4) is 0 Å². The fourth-order valence-electron chi connectivity index (χ4n) is 3.10. The summed E-state index contributed by atoms with van der Waals surface area (Å²) in [7, 11) is 0. The molecule has 0 amide bonds. The largest absolute Gasteiger partial charge is 0.490 e. The molecule has 0 bridgehead atoms. The molecule has 0 atom stereocenters. The van der Waals surface area contributed by atoms with Gasteiger partial charge in [0, 0.05) is 37.4 Å². The average Bonchev–Trinajstić information content (AvgIpc) is 2.60. The summed E-state index contributed by atoms with van der Waals surface area (Å²) in [4.78, 5) is 6.90. The first kappa shape index (κ1) is 18.5. The molecule has 1 aliphatic rings. The molecule has 4 heteroatoms. The van der Waals surface area contributed by atoms with Crippen LogP contribution in [0.1, 0.15) is 37.9 Å². The Morgan fingerprint density at radius 1 is 1.15 bits per heavy atom. The monoisotopic (exact) mass is 352 g/mol. The Hall–Kier alpha value is -2.33. The molecule has 0 N–H and O–H groups in total. The van der Waals surface area contributed by atoms with E-state index in [4.69, 9.17) is 9.47 Å². The molecule has 3 rings (SSSR count). The number of benzene rings is 1. The number of hydrogen-bond acceptors (Lipinski definition) is 4. The SMILES string of the molecule is CCOc1cc(CN2CC(c3ccccn3)C2)ccc1OCC=C(C)C. The zero-order chi connectivity index (χ0) is 18.4. The molecule has 2 heterocycles. The number of pyridine rings is 1. The molecule has 0 unspecified atom stereocenters. The summed E-state index contributed by atoms with van der Waals surface area (Å²) in [5, 5.41) is 0. The van der Waals surface area contributed by atoms with Gasteiger partial charge in [0.2, 0.25) is 0 Å². The molecule has 26 heavy (non-hydrogen) atoms. The Labute approximate surface area is 156 Å². The Morgan fingerprint density at radius 3 is 2.69 bits per heavy atom. The molecule has 1 aromatic heterocycles. The topological polar surface area (TPSA) is 34.6 Å². The fourth-order valence-corrected chi connectivity index (χ4v) is 3.10. The van der Waals surface area contributed by atoms with Gasteiger partial charge in [-0.3, -0.25) is 9.88 Å². The first-order valence-corrected chi connectivity index (χ1v) is 9.31. The number of likely N-dealkylation sites (tertiary alicyclic amines) is 1. The van der Waals surface area contributed by atoms with Crippen molar-refractivity contribution in [2.75, 3.05) is 26.3 Å². The molecule has 0 saturated carbocycles. The van der Waals surface area contributed by atoms with Gasteiger partial charge >= 0.3 is 0 Å². The molecule has 138 valence electrons. The predicted octanol–water partition coefficient (Wildman–Crippen LogP) is 4.42. The van der Waals surface area contributed by atoms with Crippen LogP contribution < -0.4 is 9.47 Å². The maximum Gasteiger partial charge on any atom is 0.161 e. The summed E-state index contributed by atoms with van der Waals surface area (Å²) in [6.45, 7) is 10.4. The summed E-state index contributed by atoms with van der Waals surface area (Å²) in [6.07, 6.45) is 3.95. The van der Waals surface area contributed by atoms with E-state index in [9.17, 15) is 0 Å². The van der Waals surface area contributed by atoms with Crippen molar-refractivity contribution in [2.24, 2.45) is 0 Å². The zero-order valence-corrected chi connectivity index (χ0v) is 15.9. The van der Waals surface area contributed by atoms with Crippen molar-refractivity contribution < 1.29 is 9.47 Å². The highest BCUT2D eigenvalue weighted by atomic mass is 16.5. The first-order chi connectivity index (χ1) is 12.7. The second kappa shape index (κ2) is 8.86. The average molecular weight is 352 g/mol. The highest BCUT2D eigenvalue weighted by Gasteiger charge is 2.28. The van der Waals surface area contributed by atoms with Crippen LogP contribution in [-0.4, -0.2) is 36.2 Å². The molecule has 1 aliphatic heterocycles. The fraction of sp³-hybridized carbons (Fsp3) is 0.409. The molecular formula is C22H28N2O2. The zero-order valence-electron chi connectivity index (χ0n) is 15.9. The van der Waals surface area contributed by atoms with Crippen LogP contribution in [0.2, 0.25) is 0 Å². The van der Waals surface area contributed by atoms with Gasteiger partial charge in [-0.1, -0.05) is 17.7 Å². The van der Waals surface area contributed by atoms with E-state index in [-0.39, 0.29) is 0 Å². The molecule has 0 aliphatic carbocycles. The van der Waals surface area contributed by atoms with Gasteiger partial charge in [0.25, 0.3) is 0 Å². The van der Waals surface area contributed by atoms with Crippen molar-refractivity contribution in [3.05, 3.63) is 65.5 Å². The van der Waals surface area contributed by atoms with E-state index in [0.29, 0.717) is 19.1 Å². The molecule has 2 aromatic rings. The van der Waals surface area contributed by atoms with Crippen LogP contribution in [0, 0.1) is 0 Å². The smallest absolute Gasteiger partial charge is 0.161 e. The maximum absolute atomic E-state index is 5.85. The summed E-state index contributed by atoms with van der Waals surface area (Å²) in [5.74, 6) is 2.19. The number of nitrogens with zero attached hydrogens (tertiary/aromatic N) is 2. The lowest BCUT2D eigenvalue weighted by atomic mass is 9.95. The minimum Gasteiger partial charge on any atom is -0.490 e.